The number of benzene rings is 2. The van der Waals surface area contributed by atoms with E-state index in [1.54, 1.807) is 17.1 Å². The van der Waals surface area contributed by atoms with Gasteiger partial charge in [0.25, 0.3) is 5.69 Å². The first-order chi connectivity index (χ1) is 12.2. The molecule has 0 fully saturated rings. The van der Waals surface area contributed by atoms with Gasteiger partial charge in [0.15, 0.2) is 0 Å². The molecule has 0 saturated heterocycles. The Morgan fingerprint density at radius 1 is 1.28 bits per heavy atom. The first-order valence-corrected chi connectivity index (χ1v) is 7.50. The summed E-state index contributed by atoms with van der Waals surface area (Å²) >= 11 is 0. The Bertz CT molecular complexity index is 903. The van der Waals surface area contributed by atoms with E-state index in [0.717, 1.165) is 5.56 Å². The predicted molar refractivity (Wildman–Crippen MR) is 90.6 cm³/mol. The molecule has 3 aromatic rings. The number of nitro benzene ring substituents is 1. The first-order valence-electron chi connectivity index (χ1n) is 7.50. The van der Waals surface area contributed by atoms with Crippen molar-refractivity contribution in [2.24, 2.45) is 0 Å². The summed E-state index contributed by atoms with van der Waals surface area (Å²) in [6, 6.07) is 15.7. The third-order valence-corrected chi connectivity index (χ3v) is 3.70. The maximum absolute atomic E-state index is 10.9. The van der Waals surface area contributed by atoms with Crippen LogP contribution in [0.15, 0.2) is 61.2 Å². The van der Waals surface area contributed by atoms with Crippen LogP contribution in [0, 0.1) is 21.4 Å². The second kappa shape index (κ2) is 7.23. The molecule has 0 aliphatic rings. The SMILES string of the molecule is N#Cc1cc([N+](=O)[O-])ccc1NC(Cn1cncn1)c1ccccc1. The van der Waals surface area contributed by atoms with E-state index in [2.05, 4.69) is 15.4 Å². The molecular formula is C17H14N6O2. The van der Waals surface area contributed by atoms with E-state index in [-0.39, 0.29) is 17.3 Å². The quantitative estimate of drug-likeness (QED) is 0.548. The molecule has 0 amide bonds. The van der Waals surface area contributed by atoms with Gasteiger partial charge in [0, 0.05) is 12.1 Å². The molecule has 2 aromatic carbocycles. The van der Waals surface area contributed by atoms with Crippen molar-refractivity contribution in [1.29, 1.82) is 5.26 Å². The lowest BCUT2D eigenvalue weighted by molar-refractivity contribution is -0.384. The monoisotopic (exact) mass is 334 g/mol. The number of nitrogens with one attached hydrogen (secondary N) is 1. The smallest absolute Gasteiger partial charge is 0.270 e. The summed E-state index contributed by atoms with van der Waals surface area (Å²) in [5.41, 5.74) is 1.63. The van der Waals surface area contributed by atoms with Crippen LogP contribution in [0.4, 0.5) is 11.4 Å². The van der Waals surface area contributed by atoms with Gasteiger partial charge in [-0.1, -0.05) is 30.3 Å². The summed E-state index contributed by atoms with van der Waals surface area (Å²) in [4.78, 5) is 14.3. The van der Waals surface area contributed by atoms with Crippen molar-refractivity contribution in [3.63, 3.8) is 0 Å². The Morgan fingerprint density at radius 3 is 2.72 bits per heavy atom. The number of nitro groups is 1. The summed E-state index contributed by atoms with van der Waals surface area (Å²) in [6.07, 6.45) is 3.06. The summed E-state index contributed by atoms with van der Waals surface area (Å²) in [6.45, 7) is 0.492. The van der Waals surface area contributed by atoms with Gasteiger partial charge in [0.2, 0.25) is 0 Å². The first kappa shape index (κ1) is 16.1. The topological polar surface area (TPSA) is 110 Å². The van der Waals surface area contributed by atoms with Crippen molar-refractivity contribution < 1.29 is 4.92 Å². The molecule has 0 aliphatic heterocycles. The van der Waals surface area contributed by atoms with Crippen LogP contribution in [0.25, 0.3) is 0 Å². The highest BCUT2D eigenvalue weighted by molar-refractivity contribution is 5.62. The number of anilines is 1. The third-order valence-electron chi connectivity index (χ3n) is 3.70. The maximum atomic E-state index is 10.9. The van der Waals surface area contributed by atoms with E-state index < -0.39 is 4.92 Å². The molecule has 124 valence electrons. The minimum absolute atomic E-state index is 0.116. The van der Waals surface area contributed by atoms with Gasteiger partial charge in [-0.15, -0.1) is 0 Å². The van der Waals surface area contributed by atoms with Crippen molar-refractivity contribution in [1.82, 2.24) is 14.8 Å². The van der Waals surface area contributed by atoms with Crippen molar-refractivity contribution in [3.8, 4) is 6.07 Å². The number of aromatic nitrogens is 3. The Morgan fingerprint density at radius 2 is 2.08 bits per heavy atom. The molecule has 1 heterocycles. The van der Waals surface area contributed by atoms with Crippen LogP contribution in [0.2, 0.25) is 0 Å². The molecule has 1 unspecified atom stereocenters. The lowest BCUT2D eigenvalue weighted by Gasteiger charge is -2.21. The van der Waals surface area contributed by atoms with E-state index in [0.29, 0.717) is 12.2 Å². The molecule has 1 aromatic heterocycles. The Kier molecular flexibility index (Phi) is 4.67. The summed E-state index contributed by atoms with van der Waals surface area (Å²) in [7, 11) is 0. The van der Waals surface area contributed by atoms with Gasteiger partial charge in [-0.2, -0.15) is 10.4 Å². The molecule has 3 rings (SSSR count). The number of non-ortho nitro benzene ring substituents is 1. The third kappa shape index (κ3) is 3.79. The molecule has 0 aliphatic carbocycles. The average Bonchev–Trinajstić information content (AvgIpc) is 3.15. The molecule has 0 spiro atoms. The summed E-state index contributed by atoms with van der Waals surface area (Å²) < 4.78 is 1.68. The molecule has 1 N–H and O–H groups in total. The molecule has 1 atom stereocenters. The fourth-order valence-electron chi connectivity index (χ4n) is 2.49. The predicted octanol–water partition coefficient (Wildman–Crippen LogP) is 2.91. The lowest BCUT2D eigenvalue weighted by Crippen LogP contribution is -2.18. The van der Waals surface area contributed by atoms with Crippen LogP contribution >= 0.6 is 0 Å². The van der Waals surface area contributed by atoms with Crippen LogP contribution in [0.5, 0.6) is 0 Å². The fraction of sp³-hybridized carbons (Fsp3) is 0.118. The van der Waals surface area contributed by atoms with Crippen LogP contribution in [-0.2, 0) is 6.54 Å². The highest BCUT2D eigenvalue weighted by Gasteiger charge is 2.16. The van der Waals surface area contributed by atoms with Crippen molar-refractivity contribution in [3.05, 3.63) is 82.4 Å². The molecule has 8 heteroatoms. The van der Waals surface area contributed by atoms with E-state index in [9.17, 15) is 15.4 Å². The van der Waals surface area contributed by atoms with E-state index in [4.69, 9.17) is 0 Å². The van der Waals surface area contributed by atoms with Crippen LogP contribution in [-0.4, -0.2) is 19.7 Å². The second-order valence-corrected chi connectivity index (χ2v) is 5.32. The number of rotatable bonds is 6. The van der Waals surface area contributed by atoms with Crippen molar-refractivity contribution in [2.45, 2.75) is 12.6 Å². The minimum Gasteiger partial charge on any atom is -0.375 e. The highest BCUT2D eigenvalue weighted by atomic mass is 16.6. The Hall–Kier alpha value is -3.73. The maximum Gasteiger partial charge on any atom is 0.270 e. The van der Waals surface area contributed by atoms with Gasteiger partial charge < -0.3 is 5.32 Å². The molecule has 0 bridgehead atoms. The van der Waals surface area contributed by atoms with Gasteiger partial charge in [-0.3, -0.25) is 14.8 Å². The Balaban J connectivity index is 1.92. The van der Waals surface area contributed by atoms with Crippen molar-refractivity contribution in [2.75, 3.05) is 5.32 Å². The van der Waals surface area contributed by atoms with Crippen LogP contribution in [0.1, 0.15) is 17.2 Å². The molecule has 8 nitrogen and oxygen atoms in total. The van der Waals surface area contributed by atoms with Crippen LogP contribution in [0.3, 0.4) is 0 Å². The number of nitrogens with zero attached hydrogens (tertiary/aromatic N) is 5. The average molecular weight is 334 g/mol. The van der Waals surface area contributed by atoms with Gasteiger partial charge in [-0.25, -0.2) is 4.98 Å². The zero-order valence-electron chi connectivity index (χ0n) is 13.1. The molecule has 25 heavy (non-hydrogen) atoms. The van der Waals surface area contributed by atoms with Gasteiger partial charge in [0.05, 0.1) is 28.8 Å². The Labute approximate surface area is 143 Å². The molecular weight excluding hydrogens is 320 g/mol. The van der Waals surface area contributed by atoms with E-state index in [1.165, 1.54) is 18.5 Å². The van der Waals surface area contributed by atoms with Gasteiger partial charge >= 0.3 is 0 Å². The largest absolute Gasteiger partial charge is 0.375 e. The number of hydrogen-bond acceptors (Lipinski definition) is 6. The van der Waals surface area contributed by atoms with E-state index in [1.807, 2.05) is 36.4 Å². The van der Waals surface area contributed by atoms with E-state index >= 15 is 0 Å². The lowest BCUT2D eigenvalue weighted by atomic mass is 10.1. The molecule has 0 saturated carbocycles. The van der Waals surface area contributed by atoms with Crippen molar-refractivity contribution >= 4 is 11.4 Å². The zero-order valence-corrected chi connectivity index (χ0v) is 13.1. The normalized spacial score (nSPS) is 11.5. The minimum atomic E-state index is -0.519. The zero-order chi connectivity index (χ0) is 17.6. The fourth-order valence-corrected chi connectivity index (χ4v) is 2.49. The highest BCUT2D eigenvalue weighted by Crippen LogP contribution is 2.26. The number of hydrogen-bond donors (Lipinski definition) is 1. The van der Waals surface area contributed by atoms with Gasteiger partial charge in [0.1, 0.15) is 18.7 Å². The summed E-state index contributed by atoms with van der Waals surface area (Å²) in [5, 5.41) is 27.6. The standard InChI is InChI=1S/C17H14N6O2/c18-9-14-8-15(23(24)25)6-7-16(14)21-17(10-22-12-19-11-20-22)13-4-2-1-3-5-13/h1-8,11-12,17,21H,10H2. The van der Waals surface area contributed by atoms with Gasteiger partial charge in [-0.05, 0) is 11.6 Å². The summed E-state index contributed by atoms with van der Waals surface area (Å²) in [5.74, 6) is 0. The number of nitriles is 1. The second-order valence-electron chi connectivity index (χ2n) is 5.32. The van der Waals surface area contributed by atoms with Crippen LogP contribution < -0.4 is 5.32 Å². The molecule has 0 radical (unpaired) electrons.